The van der Waals surface area contributed by atoms with Crippen LogP contribution in [0.2, 0.25) is 0 Å². The van der Waals surface area contributed by atoms with E-state index in [1.807, 2.05) is 0 Å². The van der Waals surface area contributed by atoms with Gasteiger partial charge in [0.05, 0.1) is 0 Å². The average molecular weight is 264 g/mol. The number of fused-ring (bicyclic) bond motifs is 2. The maximum atomic E-state index is 6.34. The third kappa shape index (κ3) is 2.31. The standard InChI is InChI=1S/C16H22ClN/c1-11-3-4-12(2)13(7-11)10-18-15-5-6-16(18)9-14(17)8-15/h3-4,7,14-16H,5-6,8-10H2,1-2H3. The lowest BCUT2D eigenvalue weighted by atomic mass is 9.99. The zero-order chi connectivity index (χ0) is 12.7. The van der Waals surface area contributed by atoms with E-state index < -0.39 is 0 Å². The van der Waals surface area contributed by atoms with E-state index in [1.54, 1.807) is 0 Å². The molecule has 2 saturated heterocycles. The smallest absolute Gasteiger partial charge is 0.0365 e. The van der Waals surface area contributed by atoms with Crippen molar-refractivity contribution in [3.63, 3.8) is 0 Å². The van der Waals surface area contributed by atoms with Crippen LogP contribution in [0.25, 0.3) is 0 Å². The first kappa shape index (κ1) is 12.5. The van der Waals surface area contributed by atoms with Gasteiger partial charge in [-0.25, -0.2) is 0 Å². The van der Waals surface area contributed by atoms with Gasteiger partial charge in [0.25, 0.3) is 0 Å². The largest absolute Gasteiger partial charge is 0.293 e. The Hall–Kier alpha value is -0.530. The molecule has 0 spiro atoms. The van der Waals surface area contributed by atoms with Crippen molar-refractivity contribution in [3.05, 3.63) is 34.9 Å². The number of hydrogen-bond donors (Lipinski definition) is 0. The van der Waals surface area contributed by atoms with Gasteiger partial charge in [0, 0.05) is 24.0 Å². The Morgan fingerprint density at radius 2 is 1.83 bits per heavy atom. The molecule has 1 nitrogen and oxygen atoms in total. The highest BCUT2D eigenvalue weighted by molar-refractivity contribution is 6.20. The van der Waals surface area contributed by atoms with Gasteiger partial charge in [-0.15, -0.1) is 11.6 Å². The van der Waals surface area contributed by atoms with Crippen LogP contribution >= 0.6 is 11.6 Å². The molecule has 2 aliphatic heterocycles. The Morgan fingerprint density at radius 3 is 2.50 bits per heavy atom. The van der Waals surface area contributed by atoms with E-state index in [0.29, 0.717) is 5.38 Å². The predicted molar refractivity (Wildman–Crippen MR) is 77.1 cm³/mol. The molecule has 0 aliphatic carbocycles. The summed E-state index contributed by atoms with van der Waals surface area (Å²) in [6.45, 7) is 5.53. The molecule has 2 unspecified atom stereocenters. The fraction of sp³-hybridized carbons (Fsp3) is 0.625. The molecule has 2 heterocycles. The van der Waals surface area contributed by atoms with Crippen LogP contribution in [0, 0.1) is 13.8 Å². The van der Waals surface area contributed by atoms with Crippen molar-refractivity contribution in [1.29, 1.82) is 0 Å². The van der Waals surface area contributed by atoms with Crippen LogP contribution < -0.4 is 0 Å². The van der Waals surface area contributed by atoms with E-state index in [4.69, 9.17) is 11.6 Å². The Balaban J connectivity index is 1.79. The summed E-state index contributed by atoms with van der Waals surface area (Å²) in [5, 5.41) is 0.414. The first-order valence-electron chi connectivity index (χ1n) is 7.09. The summed E-state index contributed by atoms with van der Waals surface area (Å²) in [6.07, 6.45) is 5.06. The highest BCUT2D eigenvalue weighted by atomic mass is 35.5. The summed E-state index contributed by atoms with van der Waals surface area (Å²) in [6, 6.07) is 8.26. The maximum Gasteiger partial charge on any atom is 0.0365 e. The van der Waals surface area contributed by atoms with Crippen LogP contribution in [0.5, 0.6) is 0 Å². The Morgan fingerprint density at radius 1 is 1.17 bits per heavy atom. The van der Waals surface area contributed by atoms with E-state index in [9.17, 15) is 0 Å². The topological polar surface area (TPSA) is 3.24 Å². The minimum Gasteiger partial charge on any atom is -0.293 e. The normalized spacial score (nSPS) is 31.8. The third-order valence-electron chi connectivity index (χ3n) is 4.68. The summed E-state index contributed by atoms with van der Waals surface area (Å²) in [7, 11) is 0. The molecule has 1 aromatic carbocycles. The quantitative estimate of drug-likeness (QED) is 0.728. The molecule has 1 aromatic rings. The highest BCUT2D eigenvalue weighted by Gasteiger charge is 2.39. The second-order valence-corrected chi connectivity index (χ2v) is 6.67. The molecule has 0 N–H and O–H groups in total. The average Bonchev–Trinajstić information content (AvgIpc) is 2.57. The van der Waals surface area contributed by atoms with Crippen LogP contribution in [-0.4, -0.2) is 22.4 Å². The Bertz CT molecular complexity index is 429. The molecular formula is C16H22ClN. The number of alkyl halides is 1. The summed E-state index contributed by atoms with van der Waals surface area (Å²) < 4.78 is 0. The zero-order valence-corrected chi connectivity index (χ0v) is 12.1. The molecule has 3 rings (SSSR count). The van der Waals surface area contributed by atoms with Crippen LogP contribution in [0.3, 0.4) is 0 Å². The van der Waals surface area contributed by atoms with Gasteiger partial charge >= 0.3 is 0 Å². The van der Waals surface area contributed by atoms with Crippen molar-refractivity contribution in [2.45, 2.75) is 63.5 Å². The summed E-state index contributed by atoms with van der Waals surface area (Å²) in [4.78, 5) is 2.71. The van der Waals surface area contributed by atoms with Gasteiger partial charge in [-0.2, -0.15) is 0 Å². The number of nitrogens with zero attached hydrogens (tertiary/aromatic N) is 1. The number of rotatable bonds is 2. The molecule has 0 saturated carbocycles. The maximum absolute atomic E-state index is 6.34. The van der Waals surface area contributed by atoms with E-state index >= 15 is 0 Å². The molecule has 98 valence electrons. The molecule has 2 atom stereocenters. The van der Waals surface area contributed by atoms with E-state index in [1.165, 1.54) is 42.4 Å². The molecule has 0 aromatic heterocycles. The first-order chi connectivity index (χ1) is 8.63. The molecule has 0 amide bonds. The second kappa shape index (κ2) is 4.86. The predicted octanol–water partition coefficient (Wildman–Crippen LogP) is 4.04. The SMILES string of the molecule is Cc1ccc(C)c(CN2C3CCC2CC(Cl)C3)c1. The van der Waals surface area contributed by atoms with Crippen molar-refractivity contribution >= 4 is 11.6 Å². The minimum atomic E-state index is 0.414. The second-order valence-electron chi connectivity index (χ2n) is 6.06. The van der Waals surface area contributed by atoms with E-state index in [0.717, 1.165) is 18.6 Å². The molecule has 2 bridgehead atoms. The fourth-order valence-corrected chi connectivity index (χ4v) is 4.04. The van der Waals surface area contributed by atoms with E-state index in [-0.39, 0.29) is 0 Å². The summed E-state index contributed by atoms with van der Waals surface area (Å²) in [5.74, 6) is 0. The number of halogens is 1. The molecule has 2 fully saturated rings. The van der Waals surface area contributed by atoms with Crippen molar-refractivity contribution in [2.24, 2.45) is 0 Å². The van der Waals surface area contributed by atoms with Crippen LogP contribution in [0.15, 0.2) is 18.2 Å². The number of aryl methyl sites for hydroxylation is 2. The Labute approximate surface area is 115 Å². The van der Waals surface area contributed by atoms with Gasteiger partial charge in [-0.05, 0) is 50.7 Å². The zero-order valence-electron chi connectivity index (χ0n) is 11.3. The molecule has 0 radical (unpaired) electrons. The van der Waals surface area contributed by atoms with Crippen LogP contribution in [0.1, 0.15) is 42.4 Å². The van der Waals surface area contributed by atoms with Crippen molar-refractivity contribution in [3.8, 4) is 0 Å². The molecular weight excluding hydrogens is 242 g/mol. The summed E-state index contributed by atoms with van der Waals surface area (Å²) in [5.41, 5.74) is 4.29. The highest BCUT2D eigenvalue weighted by Crippen LogP contribution is 2.38. The fourth-order valence-electron chi connectivity index (χ4n) is 3.63. The van der Waals surface area contributed by atoms with Crippen LogP contribution in [-0.2, 0) is 6.54 Å². The van der Waals surface area contributed by atoms with Crippen LogP contribution in [0.4, 0.5) is 0 Å². The molecule has 18 heavy (non-hydrogen) atoms. The van der Waals surface area contributed by atoms with Crippen molar-refractivity contribution in [2.75, 3.05) is 0 Å². The van der Waals surface area contributed by atoms with E-state index in [2.05, 4.69) is 36.9 Å². The van der Waals surface area contributed by atoms with Gasteiger partial charge in [-0.3, -0.25) is 4.90 Å². The van der Waals surface area contributed by atoms with Gasteiger partial charge in [-0.1, -0.05) is 23.8 Å². The summed E-state index contributed by atoms with van der Waals surface area (Å²) >= 11 is 6.34. The number of benzene rings is 1. The monoisotopic (exact) mass is 263 g/mol. The van der Waals surface area contributed by atoms with Crippen molar-refractivity contribution < 1.29 is 0 Å². The molecule has 2 aliphatic rings. The minimum absolute atomic E-state index is 0.414. The first-order valence-corrected chi connectivity index (χ1v) is 7.53. The number of hydrogen-bond acceptors (Lipinski definition) is 1. The van der Waals surface area contributed by atoms with Gasteiger partial charge < -0.3 is 0 Å². The van der Waals surface area contributed by atoms with Gasteiger partial charge in [0.1, 0.15) is 0 Å². The Kier molecular flexibility index (Phi) is 3.38. The lowest BCUT2D eigenvalue weighted by Gasteiger charge is -2.37. The van der Waals surface area contributed by atoms with Gasteiger partial charge in [0.2, 0.25) is 0 Å². The lowest BCUT2D eigenvalue weighted by Crippen LogP contribution is -2.42. The van der Waals surface area contributed by atoms with Gasteiger partial charge in [0.15, 0.2) is 0 Å². The lowest BCUT2D eigenvalue weighted by molar-refractivity contribution is 0.134. The number of piperidine rings is 1. The molecule has 2 heteroatoms. The third-order valence-corrected chi connectivity index (χ3v) is 5.04. The van der Waals surface area contributed by atoms with Crippen molar-refractivity contribution in [1.82, 2.24) is 4.90 Å².